The average molecular weight is 235 g/mol. The van der Waals surface area contributed by atoms with Crippen LogP contribution in [0.25, 0.3) is 0 Å². The zero-order valence-corrected chi connectivity index (χ0v) is 8.49. The molecule has 86 valence electrons. The molecule has 0 saturated carbocycles. The molecular formula is C6H11N4O4S-. The summed E-state index contributed by atoms with van der Waals surface area (Å²) in [4.78, 5) is 14.1. The first kappa shape index (κ1) is 13.4. The number of aliphatic imine (C=N–C) groups is 1. The fraction of sp³-hybridized carbons (Fsp3) is 0.333. The average Bonchev–Trinajstić information content (AvgIpc) is 2.08. The van der Waals surface area contributed by atoms with Gasteiger partial charge in [-0.25, -0.2) is 4.79 Å². The largest absolute Gasteiger partial charge is 0.755 e. The van der Waals surface area contributed by atoms with Crippen LogP contribution >= 0.6 is 0 Å². The van der Waals surface area contributed by atoms with Crippen molar-refractivity contribution in [2.45, 2.75) is 6.42 Å². The number of carboxylic acid groups (broad SMARTS) is 1. The number of carboxylic acids is 1. The van der Waals surface area contributed by atoms with Gasteiger partial charge in [-0.05, 0) is 6.42 Å². The quantitative estimate of drug-likeness (QED) is 0.137. The number of nitrogens with one attached hydrogen (secondary N) is 1. The van der Waals surface area contributed by atoms with E-state index in [1.807, 2.05) is 0 Å². The van der Waals surface area contributed by atoms with Crippen molar-refractivity contribution in [2.24, 2.45) is 16.5 Å². The highest BCUT2D eigenvalue weighted by Crippen LogP contribution is 1.94. The molecule has 0 aliphatic heterocycles. The number of hydrogen-bond donors (Lipinski definition) is 4. The highest BCUT2D eigenvalue weighted by Gasteiger charge is 2.05. The van der Waals surface area contributed by atoms with E-state index in [9.17, 15) is 13.6 Å². The van der Waals surface area contributed by atoms with E-state index in [0.717, 1.165) is 0 Å². The van der Waals surface area contributed by atoms with Crippen LogP contribution in [0.2, 0.25) is 0 Å². The van der Waals surface area contributed by atoms with Crippen molar-refractivity contribution in [3.8, 4) is 0 Å². The summed E-state index contributed by atoms with van der Waals surface area (Å²) < 4.78 is 22.1. The van der Waals surface area contributed by atoms with Crippen LogP contribution in [-0.4, -0.2) is 32.3 Å². The molecule has 0 aromatic carbocycles. The smallest absolute Gasteiger partial charge is 0.352 e. The molecule has 0 heterocycles. The highest BCUT2D eigenvalue weighted by molar-refractivity contribution is 7.77. The number of guanidine groups is 1. The van der Waals surface area contributed by atoms with Crippen molar-refractivity contribution in [2.75, 3.05) is 6.54 Å². The molecule has 0 aliphatic carbocycles. The van der Waals surface area contributed by atoms with Crippen LogP contribution in [0.1, 0.15) is 6.42 Å². The fourth-order valence-electron chi connectivity index (χ4n) is 0.665. The maximum absolute atomic E-state index is 10.5. The molecule has 0 amide bonds. The lowest BCUT2D eigenvalue weighted by Gasteiger charge is -2.08. The molecule has 0 aliphatic rings. The van der Waals surface area contributed by atoms with Crippen LogP contribution in [0, 0.1) is 0 Å². The van der Waals surface area contributed by atoms with Crippen molar-refractivity contribution in [1.82, 2.24) is 4.72 Å². The summed E-state index contributed by atoms with van der Waals surface area (Å²) in [5, 5.41) is 8.54. The molecule has 0 rings (SSSR count). The van der Waals surface area contributed by atoms with Gasteiger partial charge in [-0.3, -0.25) is 9.20 Å². The van der Waals surface area contributed by atoms with Crippen LogP contribution in [-0.2, 0) is 16.1 Å². The second-order valence-corrected chi connectivity index (χ2v) is 3.03. The van der Waals surface area contributed by atoms with Crippen molar-refractivity contribution in [3.63, 3.8) is 0 Å². The number of nitrogens with two attached hydrogens (primary N) is 2. The van der Waals surface area contributed by atoms with Gasteiger partial charge in [-0.2, -0.15) is 0 Å². The van der Waals surface area contributed by atoms with Crippen molar-refractivity contribution >= 4 is 23.2 Å². The minimum Gasteiger partial charge on any atom is -0.755 e. The summed E-state index contributed by atoms with van der Waals surface area (Å²) in [5.41, 5.74) is 9.62. The molecule has 0 aromatic rings. The summed E-state index contributed by atoms with van der Waals surface area (Å²) in [7, 11) is 0. The van der Waals surface area contributed by atoms with Gasteiger partial charge in [0.05, 0.1) is 0 Å². The second kappa shape index (κ2) is 6.79. The van der Waals surface area contributed by atoms with Crippen LogP contribution in [0.15, 0.2) is 16.8 Å². The summed E-state index contributed by atoms with van der Waals surface area (Å²) in [6.45, 7) is 0.187. The van der Waals surface area contributed by atoms with E-state index >= 15 is 0 Å². The molecule has 15 heavy (non-hydrogen) atoms. The Bertz CT molecular complexity index is 310. The van der Waals surface area contributed by atoms with E-state index in [4.69, 9.17) is 16.6 Å². The lowest BCUT2D eigenvalue weighted by atomic mass is 10.3. The Morgan fingerprint density at radius 2 is 2.20 bits per heavy atom. The van der Waals surface area contributed by atoms with Crippen LogP contribution in [0.5, 0.6) is 0 Å². The molecule has 0 saturated heterocycles. The first-order chi connectivity index (χ1) is 6.93. The maximum Gasteiger partial charge on any atom is 0.352 e. The highest BCUT2D eigenvalue weighted by atomic mass is 32.2. The van der Waals surface area contributed by atoms with Crippen molar-refractivity contribution in [1.29, 1.82) is 0 Å². The third kappa shape index (κ3) is 7.46. The molecule has 0 radical (unpaired) electrons. The molecule has 9 heteroatoms. The van der Waals surface area contributed by atoms with Gasteiger partial charge < -0.3 is 25.8 Å². The Morgan fingerprint density at radius 3 is 2.60 bits per heavy atom. The monoisotopic (exact) mass is 235 g/mol. The van der Waals surface area contributed by atoms with Gasteiger partial charge in [0.2, 0.25) is 0 Å². The Morgan fingerprint density at radius 1 is 1.60 bits per heavy atom. The van der Waals surface area contributed by atoms with Gasteiger partial charge in [-0.15, -0.1) is 0 Å². The third-order valence-corrected chi connectivity index (χ3v) is 1.58. The Balaban J connectivity index is 4.24. The molecular weight excluding hydrogens is 224 g/mol. The molecule has 0 aromatic heterocycles. The molecule has 1 atom stereocenters. The molecule has 0 bridgehead atoms. The number of carbonyl (C=O) groups is 1. The van der Waals surface area contributed by atoms with Gasteiger partial charge in [-0.1, -0.05) is 6.08 Å². The van der Waals surface area contributed by atoms with Crippen LogP contribution in [0.3, 0.4) is 0 Å². The van der Waals surface area contributed by atoms with E-state index in [2.05, 4.69) is 4.99 Å². The second-order valence-electron chi connectivity index (χ2n) is 2.35. The Hall–Kier alpha value is -1.61. The van der Waals surface area contributed by atoms with Gasteiger partial charge in [0.15, 0.2) is 5.96 Å². The van der Waals surface area contributed by atoms with E-state index in [1.54, 1.807) is 4.72 Å². The van der Waals surface area contributed by atoms with Crippen molar-refractivity contribution < 1.29 is 18.7 Å². The molecule has 1 unspecified atom stereocenters. The molecule has 0 fully saturated rings. The lowest BCUT2D eigenvalue weighted by molar-refractivity contribution is -0.132. The van der Waals surface area contributed by atoms with Gasteiger partial charge in [0.25, 0.3) is 0 Å². The van der Waals surface area contributed by atoms with Gasteiger partial charge in [0, 0.05) is 17.8 Å². The zero-order chi connectivity index (χ0) is 11.8. The van der Waals surface area contributed by atoms with Crippen LogP contribution in [0.4, 0.5) is 0 Å². The topological polar surface area (TPSA) is 154 Å². The zero-order valence-electron chi connectivity index (χ0n) is 7.67. The maximum atomic E-state index is 10.5. The number of hydrogen-bond acceptors (Lipinski definition) is 4. The summed E-state index contributed by atoms with van der Waals surface area (Å²) in [6.07, 6.45) is 1.38. The number of aliphatic carboxylic acids is 1. The van der Waals surface area contributed by atoms with E-state index in [-0.39, 0.29) is 18.9 Å². The van der Waals surface area contributed by atoms with E-state index in [1.165, 1.54) is 6.08 Å². The SMILES string of the molecule is NC(N)=NCCC=C(NS(=O)[O-])C(=O)O. The predicted octanol–water partition coefficient (Wildman–Crippen LogP) is -2.00. The Kier molecular flexibility index (Phi) is 6.06. The molecule has 0 spiro atoms. The van der Waals surface area contributed by atoms with Crippen LogP contribution < -0.4 is 16.2 Å². The minimum absolute atomic E-state index is 0.111. The first-order valence-electron chi connectivity index (χ1n) is 3.78. The lowest BCUT2D eigenvalue weighted by Crippen LogP contribution is -2.23. The molecule has 8 nitrogen and oxygen atoms in total. The number of nitrogens with zero attached hydrogens (tertiary/aromatic N) is 1. The number of rotatable bonds is 6. The van der Waals surface area contributed by atoms with Crippen molar-refractivity contribution in [3.05, 3.63) is 11.8 Å². The summed E-state index contributed by atoms with van der Waals surface area (Å²) in [6, 6.07) is 0. The fourth-order valence-corrected chi connectivity index (χ4v) is 1.02. The summed E-state index contributed by atoms with van der Waals surface area (Å²) in [5.74, 6) is -1.48. The van der Waals surface area contributed by atoms with E-state index < -0.39 is 22.9 Å². The normalized spacial score (nSPS) is 13.0. The Labute approximate surface area is 88.5 Å². The summed E-state index contributed by atoms with van der Waals surface area (Å²) >= 11 is -2.66. The van der Waals surface area contributed by atoms with Gasteiger partial charge in [0.1, 0.15) is 5.70 Å². The standard InChI is InChI=1S/C6H12N4O4S/c7-6(8)9-3-1-2-4(5(11)12)10-15(13)14/h2,10H,1,3H2,(H,11,12)(H,13,14)(H4,7,8,9)/p-1. The van der Waals surface area contributed by atoms with Gasteiger partial charge >= 0.3 is 5.97 Å². The minimum atomic E-state index is -2.66. The third-order valence-electron chi connectivity index (χ3n) is 1.20. The first-order valence-corrected chi connectivity index (χ1v) is 4.85. The predicted molar refractivity (Wildman–Crippen MR) is 53.1 cm³/mol. The van der Waals surface area contributed by atoms with E-state index in [0.29, 0.717) is 0 Å². The molecule has 6 N–H and O–H groups in total.